The number of piperidine rings is 1. The molecule has 0 spiro atoms. The summed E-state index contributed by atoms with van der Waals surface area (Å²) in [5, 5.41) is 3.32. The highest BCUT2D eigenvalue weighted by Crippen LogP contribution is 2.32. The predicted molar refractivity (Wildman–Crippen MR) is 85.3 cm³/mol. The first-order valence-corrected chi connectivity index (χ1v) is 7.98. The van der Waals surface area contributed by atoms with Crippen LogP contribution >= 0.6 is 15.9 Å². The fourth-order valence-corrected chi connectivity index (χ4v) is 3.08. The molecule has 2 atom stereocenters. The van der Waals surface area contributed by atoms with Crippen LogP contribution in [0.15, 0.2) is 10.8 Å². The molecule has 112 valence electrons. The number of methoxy groups -OCH3 is 1. The number of ether oxygens (including phenoxy) is 1. The maximum atomic E-state index is 5.57. The van der Waals surface area contributed by atoms with Crippen LogP contribution in [-0.4, -0.2) is 42.8 Å². The highest BCUT2D eigenvalue weighted by molar-refractivity contribution is 9.10. The molecule has 0 aromatic carbocycles. The lowest BCUT2D eigenvalue weighted by molar-refractivity contribution is 0.0496. The van der Waals surface area contributed by atoms with Crippen molar-refractivity contribution in [2.45, 2.75) is 32.8 Å². The van der Waals surface area contributed by atoms with Crippen molar-refractivity contribution in [1.82, 2.24) is 9.97 Å². The summed E-state index contributed by atoms with van der Waals surface area (Å²) in [7, 11) is 1.79. The summed E-state index contributed by atoms with van der Waals surface area (Å²) in [6.45, 7) is 7.17. The maximum absolute atomic E-state index is 5.57. The fraction of sp³-hybridized carbons (Fsp3) is 0.714. The van der Waals surface area contributed by atoms with Crippen molar-refractivity contribution in [2.75, 3.05) is 37.0 Å². The second-order valence-corrected chi connectivity index (χ2v) is 6.07. The van der Waals surface area contributed by atoms with Gasteiger partial charge in [-0.3, -0.25) is 0 Å². The molecule has 0 radical (unpaired) electrons. The minimum absolute atomic E-state index is 0.262. The third-order valence-corrected chi connectivity index (χ3v) is 4.54. The van der Waals surface area contributed by atoms with E-state index in [1.54, 1.807) is 13.4 Å². The van der Waals surface area contributed by atoms with Gasteiger partial charge in [-0.05, 0) is 34.7 Å². The van der Waals surface area contributed by atoms with Gasteiger partial charge in [-0.15, -0.1) is 0 Å². The molecule has 5 nitrogen and oxygen atoms in total. The second-order valence-electron chi connectivity index (χ2n) is 5.27. The third-order valence-electron chi connectivity index (χ3n) is 3.81. The lowest BCUT2D eigenvalue weighted by atomic mass is 9.96. The van der Waals surface area contributed by atoms with Crippen LogP contribution in [0.25, 0.3) is 0 Å². The van der Waals surface area contributed by atoms with Crippen molar-refractivity contribution in [3.05, 3.63) is 10.8 Å². The van der Waals surface area contributed by atoms with Crippen LogP contribution in [0.2, 0.25) is 0 Å². The molecule has 0 amide bonds. The molecule has 6 heteroatoms. The monoisotopic (exact) mass is 342 g/mol. The molecule has 0 saturated carbocycles. The first-order valence-electron chi connectivity index (χ1n) is 7.19. The molecule has 20 heavy (non-hydrogen) atoms. The van der Waals surface area contributed by atoms with Gasteiger partial charge in [-0.1, -0.05) is 13.8 Å². The maximum Gasteiger partial charge on any atom is 0.148 e. The van der Waals surface area contributed by atoms with Gasteiger partial charge in [0.1, 0.15) is 22.4 Å². The molecule has 0 bridgehead atoms. The highest BCUT2D eigenvalue weighted by atomic mass is 79.9. The van der Waals surface area contributed by atoms with Crippen molar-refractivity contribution in [2.24, 2.45) is 5.92 Å². The van der Waals surface area contributed by atoms with Crippen LogP contribution in [-0.2, 0) is 4.74 Å². The Morgan fingerprint density at radius 1 is 1.50 bits per heavy atom. The number of hydrogen-bond acceptors (Lipinski definition) is 5. The Balaban J connectivity index is 2.16. The van der Waals surface area contributed by atoms with Crippen molar-refractivity contribution >= 4 is 27.6 Å². The quantitative estimate of drug-likeness (QED) is 0.891. The van der Waals surface area contributed by atoms with E-state index in [1.165, 1.54) is 0 Å². The van der Waals surface area contributed by atoms with Crippen molar-refractivity contribution in [3.8, 4) is 0 Å². The van der Waals surface area contributed by atoms with Crippen LogP contribution in [0, 0.1) is 5.92 Å². The van der Waals surface area contributed by atoms with Gasteiger partial charge in [0.15, 0.2) is 0 Å². The van der Waals surface area contributed by atoms with E-state index in [0.717, 1.165) is 48.6 Å². The molecule has 0 aliphatic carbocycles. The SMILES string of the molecule is CCCNc1ncnc(N2CCC(C)C(OC)C2)c1Br. The van der Waals surface area contributed by atoms with E-state index >= 15 is 0 Å². The zero-order valence-corrected chi connectivity index (χ0v) is 14.0. The number of nitrogens with zero attached hydrogens (tertiary/aromatic N) is 3. The van der Waals surface area contributed by atoms with Crippen molar-refractivity contribution < 1.29 is 4.74 Å². The number of halogens is 1. The third kappa shape index (κ3) is 3.41. The molecule has 1 fully saturated rings. The van der Waals surface area contributed by atoms with Gasteiger partial charge >= 0.3 is 0 Å². The minimum Gasteiger partial charge on any atom is -0.379 e. The number of hydrogen-bond donors (Lipinski definition) is 1. The van der Waals surface area contributed by atoms with Crippen molar-refractivity contribution in [1.29, 1.82) is 0 Å². The summed E-state index contributed by atoms with van der Waals surface area (Å²) in [6, 6.07) is 0. The second kappa shape index (κ2) is 7.22. The topological polar surface area (TPSA) is 50.3 Å². The Labute approximate surface area is 129 Å². The zero-order valence-electron chi connectivity index (χ0n) is 12.4. The van der Waals surface area contributed by atoms with E-state index in [2.05, 4.69) is 50.0 Å². The Kier molecular flexibility index (Phi) is 5.60. The number of anilines is 2. The average molecular weight is 343 g/mol. The van der Waals surface area contributed by atoms with E-state index in [4.69, 9.17) is 4.74 Å². The number of rotatable bonds is 5. The summed E-state index contributed by atoms with van der Waals surface area (Å²) in [5.74, 6) is 2.41. The summed E-state index contributed by atoms with van der Waals surface area (Å²) >= 11 is 3.63. The standard InChI is InChI=1S/C14H23BrN4O/c1-4-6-16-13-12(15)14(18-9-17-13)19-7-5-10(2)11(8-19)20-3/h9-11H,4-8H2,1-3H3,(H,16,17,18). The van der Waals surface area contributed by atoms with E-state index in [0.29, 0.717) is 5.92 Å². The van der Waals surface area contributed by atoms with Gasteiger partial charge in [0.2, 0.25) is 0 Å². The van der Waals surface area contributed by atoms with Gasteiger partial charge in [-0.25, -0.2) is 9.97 Å². The normalized spacial score (nSPS) is 22.9. The molecule has 1 aliphatic rings. The fourth-order valence-electron chi connectivity index (χ4n) is 2.48. The molecule has 1 N–H and O–H groups in total. The largest absolute Gasteiger partial charge is 0.379 e. The van der Waals surface area contributed by atoms with E-state index < -0.39 is 0 Å². The number of aromatic nitrogens is 2. The molecular formula is C14H23BrN4O. The molecule has 1 aromatic heterocycles. The molecule has 2 unspecified atom stereocenters. The lowest BCUT2D eigenvalue weighted by Gasteiger charge is -2.37. The van der Waals surface area contributed by atoms with Gasteiger partial charge < -0.3 is 15.0 Å². The minimum atomic E-state index is 0.262. The van der Waals surface area contributed by atoms with Gasteiger partial charge in [0, 0.05) is 26.7 Å². The Hall–Kier alpha value is -0.880. The Morgan fingerprint density at radius 2 is 2.30 bits per heavy atom. The van der Waals surface area contributed by atoms with Gasteiger partial charge in [0.05, 0.1) is 6.10 Å². The summed E-state index contributed by atoms with van der Waals surface area (Å²) < 4.78 is 6.52. The smallest absolute Gasteiger partial charge is 0.148 e. The Bertz CT molecular complexity index is 443. The molecular weight excluding hydrogens is 320 g/mol. The van der Waals surface area contributed by atoms with Gasteiger partial charge in [0.25, 0.3) is 0 Å². The van der Waals surface area contributed by atoms with Crippen LogP contribution < -0.4 is 10.2 Å². The average Bonchev–Trinajstić information content (AvgIpc) is 2.47. The molecule has 2 heterocycles. The van der Waals surface area contributed by atoms with E-state index in [9.17, 15) is 0 Å². The Morgan fingerprint density at radius 3 is 3.00 bits per heavy atom. The van der Waals surface area contributed by atoms with Crippen LogP contribution in [0.4, 0.5) is 11.6 Å². The molecule has 1 aromatic rings. The molecule has 1 saturated heterocycles. The summed E-state index contributed by atoms with van der Waals surface area (Å²) in [5.41, 5.74) is 0. The first kappa shape index (κ1) is 15.5. The molecule has 2 rings (SSSR count). The van der Waals surface area contributed by atoms with Crippen molar-refractivity contribution in [3.63, 3.8) is 0 Å². The van der Waals surface area contributed by atoms with Crippen LogP contribution in [0.1, 0.15) is 26.7 Å². The first-order chi connectivity index (χ1) is 9.67. The number of nitrogens with one attached hydrogen (secondary N) is 1. The van der Waals surface area contributed by atoms with Crippen LogP contribution in [0.5, 0.6) is 0 Å². The van der Waals surface area contributed by atoms with Crippen LogP contribution in [0.3, 0.4) is 0 Å². The van der Waals surface area contributed by atoms with E-state index in [-0.39, 0.29) is 6.10 Å². The van der Waals surface area contributed by atoms with Gasteiger partial charge in [-0.2, -0.15) is 0 Å². The summed E-state index contributed by atoms with van der Waals surface area (Å²) in [4.78, 5) is 11.0. The molecule has 1 aliphatic heterocycles. The zero-order chi connectivity index (χ0) is 14.5. The van der Waals surface area contributed by atoms with E-state index in [1.807, 2.05) is 0 Å². The highest BCUT2D eigenvalue weighted by Gasteiger charge is 2.28. The predicted octanol–water partition coefficient (Wildman–Crippen LogP) is 2.92. The summed E-state index contributed by atoms with van der Waals surface area (Å²) in [6.07, 6.45) is 4.07. The lowest BCUT2D eigenvalue weighted by Crippen LogP contribution is -2.44.